The van der Waals surface area contributed by atoms with Gasteiger partial charge in [-0.25, -0.2) is 4.39 Å². The summed E-state index contributed by atoms with van der Waals surface area (Å²) in [4.78, 5) is 28.9. The Bertz CT molecular complexity index is 901. The Morgan fingerprint density at radius 2 is 1.67 bits per heavy atom. The minimum absolute atomic E-state index is 0.00756. The number of carbonyl (C=O) groups is 2. The number of nitrogens with zero attached hydrogens (tertiary/aromatic N) is 2. The number of rotatable bonds is 5. The standard InChI is InChI=1S/C19H15FN2O2/c1-22-16(18(23)12-13-8-10-21-11-9-13)6-7-17(22)19(24)14-4-2-3-5-15(14)20/h2-11H,12H2,1H3. The predicted molar refractivity (Wildman–Crippen MR) is 87.5 cm³/mol. The molecule has 1 aromatic carbocycles. The monoisotopic (exact) mass is 322 g/mol. The molecule has 2 heterocycles. The van der Waals surface area contributed by atoms with Crippen molar-refractivity contribution in [1.29, 1.82) is 0 Å². The quantitative estimate of drug-likeness (QED) is 0.678. The van der Waals surface area contributed by atoms with Gasteiger partial charge in [0.15, 0.2) is 5.78 Å². The van der Waals surface area contributed by atoms with Crippen LogP contribution in [0.2, 0.25) is 0 Å². The molecule has 0 fully saturated rings. The van der Waals surface area contributed by atoms with E-state index in [-0.39, 0.29) is 23.5 Å². The van der Waals surface area contributed by atoms with E-state index >= 15 is 0 Å². The first-order valence-corrected chi connectivity index (χ1v) is 7.45. The van der Waals surface area contributed by atoms with Gasteiger partial charge in [0.05, 0.1) is 17.0 Å². The first-order valence-electron chi connectivity index (χ1n) is 7.45. The Balaban J connectivity index is 1.87. The zero-order valence-electron chi connectivity index (χ0n) is 13.1. The van der Waals surface area contributed by atoms with Crippen molar-refractivity contribution in [2.75, 3.05) is 0 Å². The fourth-order valence-corrected chi connectivity index (χ4v) is 2.58. The van der Waals surface area contributed by atoms with Gasteiger partial charge in [-0.05, 0) is 42.0 Å². The minimum atomic E-state index is -0.576. The smallest absolute Gasteiger partial charge is 0.212 e. The molecule has 5 heteroatoms. The van der Waals surface area contributed by atoms with Crippen molar-refractivity contribution in [2.45, 2.75) is 6.42 Å². The normalized spacial score (nSPS) is 10.6. The summed E-state index contributed by atoms with van der Waals surface area (Å²) in [6, 6.07) is 12.5. The van der Waals surface area contributed by atoms with E-state index in [0.717, 1.165) is 5.56 Å². The number of pyridine rings is 1. The Labute approximate surface area is 138 Å². The van der Waals surface area contributed by atoms with Gasteiger partial charge in [0.2, 0.25) is 5.78 Å². The molecule has 0 amide bonds. The summed E-state index contributed by atoms with van der Waals surface area (Å²) in [6.07, 6.45) is 3.47. The summed E-state index contributed by atoms with van der Waals surface area (Å²) in [5.74, 6) is -1.14. The second-order valence-corrected chi connectivity index (χ2v) is 5.43. The molecule has 0 aliphatic rings. The lowest BCUT2D eigenvalue weighted by atomic mass is 10.1. The summed E-state index contributed by atoms with van der Waals surface area (Å²) >= 11 is 0. The van der Waals surface area contributed by atoms with Crippen molar-refractivity contribution in [3.63, 3.8) is 0 Å². The second-order valence-electron chi connectivity index (χ2n) is 5.43. The van der Waals surface area contributed by atoms with Gasteiger partial charge in [0, 0.05) is 25.9 Å². The molecule has 0 bridgehead atoms. The van der Waals surface area contributed by atoms with Gasteiger partial charge in [-0.1, -0.05) is 12.1 Å². The second kappa shape index (κ2) is 6.58. The maximum Gasteiger partial charge on any atom is 0.212 e. The van der Waals surface area contributed by atoms with Crippen LogP contribution in [0, 0.1) is 5.82 Å². The van der Waals surface area contributed by atoms with Crippen LogP contribution in [0.5, 0.6) is 0 Å². The summed E-state index contributed by atoms with van der Waals surface area (Å²) in [5, 5.41) is 0. The molecule has 0 unspecified atom stereocenters. The van der Waals surface area contributed by atoms with Crippen LogP contribution in [0.4, 0.5) is 4.39 Å². The summed E-state index contributed by atoms with van der Waals surface area (Å²) in [7, 11) is 1.63. The fourth-order valence-electron chi connectivity index (χ4n) is 2.58. The maximum absolute atomic E-state index is 13.8. The number of hydrogen-bond donors (Lipinski definition) is 0. The lowest BCUT2D eigenvalue weighted by molar-refractivity contribution is 0.0984. The predicted octanol–water partition coefficient (Wildman–Crippen LogP) is 3.22. The minimum Gasteiger partial charge on any atom is -0.339 e. The molecule has 0 saturated carbocycles. The molecule has 2 aromatic heterocycles. The molecule has 3 rings (SSSR count). The van der Waals surface area contributed by atoms with Crippen molar-refractivity contribution in [2.24, 2.45) is 7.05 Å². The van der Waals surface area contributed by atoms with Gasteiger partial charge in [-0.2, -0.15) is 0 Å². The van der Waals surface area contributed by atoms with Crippen LogP contribution < -0.4 is 0 Å². The molecule has 0 N–H and O–H groups in total. The highest BCUT2D eigenvalue weighted by Gasteiger charge is 2.20. The average molecular weight is 322 g/mol. The van der Waals surface area contributed by atoms with Crippen LogP contribution in [0.25, 0.3) is 0 Å². The molecule has 3 aromatic rings. The third-order valence-corrected chi connectivity index (χ3v) is 3.87. The van der Waals surface area contributed by atoms with E-state index in [9.17, 15) is 14.0 Å². The van der Waals surface area contributed by atoms with Crippen LogP contribution in [0.15, 0.2) is 60.9 Å². The number of benzene rings is 1. The van der Waals surface area contributed by atoms with Crippen molar-refractivity contribution in [3.8, 4) is 0 Å². The molecule has 24 heavy (non-hydrogen) atoms. The van der Waals surface area contributed by atoms with E-state index in [0.29, 0.717) is 5.69 Å². The van der Waals surface area contributed by atoms with Crippen molar-refractivity contribution in [1.82, 2.24) is 9.55 Å². The number of carbonyl (C=O) groups excluding carboxylic acids is 2. The van der Waals surface area contributed by atoms with Gasteiger partial charge >= 0.3 is 0 Å². The van der Waals surface area contributed by atoms with Crippen LogP contribution in [-0.2, 0) is 13.5 Å². The molecule has 0 aliphatic carbocycles. The number of hydrogen-bond acceptors (Lipinski definition) is 3. The van der Waals surface area contributed by atoms with Crippen LogP contribution >= 0.6 is 0 Å². The largest absolute Gasteiger partial charge is 0.339 e. The van der Waals surface area contributed by atoms with E-state index in [2.05, 4.69) is 4.98 Å². The van der Waals surface area contributed by atoms with Crippen molar-refractivity contribution in [3.05, 3.63) is 89.3 Å². The van der Waals surface area contributed by atoms with Gasteiger partial charge in [0.25, 0.3) is 0 Å². The highest BCUT2D eigenvalue weighted by Crippen LogP contribution is 2.17. The van der Waals surface area contributed by atoms with E-state index in [1.807, 2.05) is 0 Å². The van der Waals surface area contributed by atoms with Gasteiger partial charge in [-0.15, -0.1) is 0 Å². The number of Topliss-reactive ketones (excluding diaryl/α,β-unsaturated/α-hetero) is 1. The molecule has 120 valence electrons. The molecule has 0 radical (unpaired) electrons. The van der Waals surface area contributed by atoms with Gasteiger partial charge in [0.1, 0.15) is 5.82 Å². The van der Waals surface area contributed by atoms with Crippen LogP contribution in [0.3, 0.4) is 0 Å². The zero-order chi connectivity index (χ0) is 17.1. The van der Waals surface area contributed by atoms with E-state index < -0.39 is 11.6 Å². The highest BCUT2D eigenvalue weighted by molar-refractivity contribution is 6.09. The van der Waals surface area contributed by atoms with Crippen molar-refractivity contribution < 1.29 is 14.0 Å². The molecule has 0 atom stereocenters. The fraction of sp³-hybridized carbons (Fsp3) is 0.105. The lowest BCUT2D eigenvalue weighted by Gasteiger charge is -2.07. The van der Waals surface area contributed by atoms with Crippen LogP contribution in [0.1, 0.15) is 32.1 Å². The van der Waals surface area contributed by atoms with E-state index in [1.54, 1.807) is 49.8 Å². The van der Waals surface area contributed by atoms with Crippen molar-refractivity contribution >= 4 is 11.6 Å². The zero-order valence-corrected chi connectivity index (χ0v) is 13.1. The Morgan fingerprint density at radius 1 is 1.00 bits per heavy atom. The summed E-state index contributed by atoms with van der Waals surface area (Å²) in [5.41, 5.74) is 1.52. The Morgan fingerprint density at radius 3 is 2.38 bits per heavy atom. The molecule has 0 spiro atoms. The molecule has 0 aliphatic heterocycles. The Hall–Kier alpha value is -3.08. The third-order valence-electron chi connectivity index (χ3n) is 3.87. The SMILES string of the molecule is Cn1c(C(=O)Cc2ccncc2)ccc1C(=O)c1ccccc1F. The summed E-state index contributed by atoms with van der Waals surface area (Å²) in [6.45, 7) is 0. The van der Waals surface area contributed by atoms with E-state index in [1.165, 1.54) is 22.8 Å². The topological polar surface area (TPSA) is 52.0 Å². The molecule has 4 nitrogen and oxygen atoms in total. The number of aromatic nitrogens is 2. The molecular formula is C19H15FN2O2. The number of halogens is 1. The third kappa shape index (κ3) is 3.01. The highest BCUT2D eigenvalue weighted by atomic mass is 19.1. The molecular weight excluding hydrogens is 307 g/mol. The first-order chi connectivity index (χ1) is 11.6. The number of ketones is 2. The first kappa shape index (κ1) is 15.8. The van der Waals surface area contributed by atoms with Gasteiger partial charge < -0.3 is 4.57 Å². The van der Waals surface area contributed by atoms with E-state index in [4.69, 9.17) is 0 Å². The maximum atomic E-state index is 13.8. The van der Waals surface area contributed by atoms with Gasteiger partial charge in [-0.3, -0.25) is 14.6 Å². The molecule has 0 saturated heterocycles. The lowest BCUT2D eigenvalue weighted by Crippen LogP contribution is -2.14. The summed E-state index contributed by atoms with van der Waals surface area (Å²) < 4.78 is 15.3. The van der Waals surface area contributed by atoms with Crippen LogP contribution in [-0.4, -0.2) is 21.1 Å². The Kier molecular flexibility index (Phi) is 4.33. The average Bonchev–Trinajstić information content (AvgIpc) is 2.97.